The third kappa shape index (κ3) is 14.8. The predicted molar refractivity (Wildman–Crippen MR) is 315 cm³/mol. The highest BCUT2D eigenvalue weighted by Gasteiger charge is 2.50. The number of ether oxygens (including phenoxy) is 5. The number of alkyl halides is 6. The van der Waals surface area contributed by atoms with Crippen LogP contribution in [0.15, 0.2) is 133 Å². The monoisotopic (exact) mass is 1220 g/mol. The molecule has 1 aliphatic carbocycles. The van der Waals surface area contributed by atoms with Gasteiger partial charge in [0.05, 0.1) is 40.7 Å². The number of aryl methyl sites for hydroxylation is 2. The van der Waals surface area contributed by atoms with Crippen molar-refractivity contribution in [2.45, 2.75) is 122 Å². The SMILES string of the molecule is COC(=O)c1cc2c(cc1C(F)(F)F)OC(C)(c1cccc(C)c1)C(=O)N2CCNC(=O)OCc1ccccc1.Cc1cccc(C2(C)Oc3cc(C(F)(F)F)c(C(=O)N(C(C)C)C4CCCCC4)cc3N(CCNC(=O)OCc3ccccc3)C2=O)c1. The molecule has 0 aromatic heterocycles. The van der Waals surface area contributed by atoms with Crippen LogP contribution in [-0.2, 0) is 60.6 Å². The molecule has 2 N–H and O–H groups in total. The number of amides is 5. The Morgan fingerprint density at radius 1 is 0.602 bits per heavy atom. The zero-order valence-electron chi connectivity index (χ0n) is 49.7. The molecule has 22 heteroatoms. The van der Waals surface area contributed by atoms with Crippen molar-refractivity contribution in [1.82, 2.24) is 15.5 Å². The summed E-state index contributed by atoms with van der Waals surface area (Å²) in [6.45, 7) is 9.83. The Morgan fingerprint density at radius 2 is 1.02 bits per heavy atom. The molecule has 0 saturated heterocycles. The van der Waals surface area contributed by atoms with Crippen molar-refractivity contribution in [3.05, 3.63) is 189 Å². The predicted octanol–water partition coefficient (Wildman–Crippen LogP) is 13.1. The van der Waals surface area contributed by atoms with Crippen molar-refractivity contribution < 1.29 is 78.8 Å². The van der Waals surface area contributed by atoms with Crippen molar-refractivity contribution in [3.8, 4) is 11.5 Å². The van der Waals surface area contributed by atoms with E-state index in [2.05, 4.69) is 15.4 Å². The first kappa shape index (κ1) is 64.9. The summed E-state index contributed by atoms with van der Waals surface area (Å²) in [5, 5.41) is 5.17. The van der Waals surface area contributed by atoms with Crippen LogP contribution in [0.25, 0.3) is 0 Å². The van der Waals surface area contributed by atoms with Gasteiger partial charge in [-0.2, -0.15) is 26.3 Å². The molecule has 6 aromatic carbocycles. The number of carbonyl (C=O) groups excluding carboxylic acids is 6. The summed E-state index contributed by atoms with van der Waals surface area (Å²) in [5.74, 6) is -3.56. The van der Waals surface area contributed by atoms with E-state index in [0.29, 0.717) is 30.0 Å². The number of nitrogens with one attached hydrogen (secondary N) is 2. The summed E-state index contributed by atoms with van der Waals surface area (Å²) in [4.78, 5) is 83.4. The molecule has 6 aromatic rings. The van der Waals surface area contributed by atoms with E-state index in [9.17, 15) is 55.1 Å². The first-order chi connectivity index (χ1) is 41.7. The Bertz CT molecular complexity index is 3520. The second-order valence-corrected chi connectivity index (χ2v) is 22.2. The Kier molecular flexibility index (Phi) is 20.1. The van der Waals surface area contributed by atoms with Gasteiger partial charge in [-0.1, -0.05) is 140 Å². The van der Waals surface area contributed by atoms with Crippen LogP contribution in [0.1, 0.15) is 125 Å². The van der Waals surface area contributed by atoms with Gasteiger partial charge in [0.2, 0.25) is 11.2 Å². The number of anilines is 2. The molecular weight excluding hydrogens is 1150 g/mol. The van der Waals surface area contributed by atoms with E-state index >= 15 is 0 Å². The maximum absolute atomic E-state index is 14.7. The van der Waals surface area contributed by atoms with Crippen LogP contribution >= 0.6 is 0 Å². The van der Waals surface area contributed by atoms with Gasteiger partial charge in [-0.05, 0) is 89.8 Å². The van der Waals surface area contributed by atoms with Crippen molar-refractivity contribution >= 4 is 47.3 Å². The Hall–Kier alpha value is -9.08. The topological polar surface area (TPSA) is 182 Å². The van der Waals surface area contributed by atoms with Crippen LogP contribution in [0.3, 0.4) is 0 Å². The average Bonchev–Trinajstić information content (AvgIpc) is 0.766. The molecule has 9 rings (SSSR count). The molecule has 0 radical (unpaired) electrons. The highest BCUT2D eigenvalue weighted by atomic mass is 19.4. The normalized spacial score (nSPS) is 17.5. The van der Waals surface area contributed by atoms with Gasteiger partial charge in [0.25, 0.3) is 17.7 Å². The molecule has 2 atom stereocenters. The summed E-state index contributed by atoms with van der Waals surface area (Å²) in [6, 6.07) is 35.0. The molecule has 1 saturated carbocycles. The van der Waals surface area contributed by atoms with E-state index in [1.165, 1.54) is 23.6 Å². The number of hydrogen-bond donors (Lipinski definition) is 2. The third-order valence-electron chi connectivity index (χ3n) is 15.5. The second kappa shape index (κ2) is 27.3. The molecule has 0 bridgehead atoms. The Labute approximate surface area is 506 Å². The molecule has 2 aliphatic heterocycles. The summed E-state index contributed by atoms with van der Waals surface area (Å²) in [7, 11) is 0.959. The number of fused-ring (bicyclic) bond motifs is 2. The lowest BCUT2D eigenvalue weighted by Gasteiger charge is -2.42. The third-order valence-corrected chi connectivity index (χ3v) is 15.5. The average molecular weight is 1220 g/mol. The molecule has 0 spiro atoms. The van der Waals surface area contributed by atoms with Crippen LogP contribution in [0.4, 0.5) is 47.3 Å². The van der Waals surface area contributed by atoms with Gasteiger partial charge in [-0.15, -0.1) is 0 Å². The maximum atomic E-state index is 14.7. The number of nitrogens with zero attached hydrogens (tertiary/aromatic N) is 3. The molecule has 466 valence electrons. The Morgan fingerprint density at radius 3 is 1.42 bits per heavy atom. The summed E-state index contributed by atoms with van der Waals surface area (Å²) in [6.07, 6.45) is -7.01. The van der Waals surface area contributed by atoms with Crippen molar-refractivity contribution in [1.29, 1.82) is 0 Å². The molecule has 2 heterocycles. The van der Waals surface area contributed by atoms with Gasteiger partial charge >= 0.3 is 30.5 Å². The van der Waals surface area contributed by atoms with Gasteiger partial charge in [0, 0.05) is 49.4 Å². The fourth-order valence-electron chi connectivity index (χ4n) is 11.0. The van der Waals surface area contributed by atoms with E-state index < -0.39 is 81.7 Å². The van der Waals surface area contributed by atoms with Gasteiger partial charge < -0.3 is 49.0 Å². The summed E-state index contributed by atoms with van der Waals surface area (Å²) in [5.41, 5.74) is -3.04. The van der Waals surface area contributed by atoms with Gasteiger partial charge in [-0.3, -0.25) is 14.4 Å². The maximum Gasteiger partial charge on any atom is 0.417 e. The zero-order chi connectivity index (χ0) is 63.7. The van der Waals surface area contributed by atoms with E-state index in [0.717, 1.165) is 66.8 Å². The molecule has 3 aliphatic rings. The molecule has 88 heavy (non-hydrogen) atoms. The zero-order valence-corrected chi connectivity index (χ0v) is 49.7. The van der Waals surface area contributed by atoms with Gasteiger partial charge in [0.1, 0.15) is 24.7 Å². The van der Waals surface area contributed by atoms with E-state index in [-0.39, 0.29) is 74.4 Å². The minimum absolute atomic E-state index is 0.0216. The van der Waals surface area contributed by atoms with E-state index in [4.69, 9.17) is 18.9 Å². The number of alkyl carbamates (subject to hydrolysis) is 2. The van der Waals surface area contributed by atoms with Crippen LogP contribution in [0, 0.1) is 13.8 Å². The molecule has 5 amide bonds. The Balaban J connectivity index is 0.000000232. The van der Waals surface area contributed by atoms with Crippen molar-refractivity contribution in [2.75, 3.05) is 43.1 Å². The number of hydrogen-bond acceptors (Lipinski definition) is 11. The lowest BCUT2D eigenvalue weighted by atomic mass is 9.89. The fourth-order valence-corrected chi connectivity index (χ4v) is 11.0. The number of esters is 1. The quantitative estimate of drug-likeness (QED) is 0.0534. The van der Waals surface area contributed by atoms with E-state index in [1.807, 2.05) is 49.4 Å². The second-order valence-electron chi connectivity index (χ2n) is 22.2. The molecule has 2 unspecified atom stereocenters. The van der Waals surface area contributed by atoms with Gasteiger partial charge in [0.15, 0.2) is 0 Å². The van der Waals surface area contributed by atoms with Crippen molar-refractivity contribution in [3.63, 3.8) is 0 Å². The largest absolute Gasteiger partial charge is 0.471 e. The number of halogens is 6. The lowest BCUT2D eigenvalue weighted by molar-refractivity contribution is -0.139. The van der Waals surface area contributed by atoms with Crippen LogP contribution in [0.5, 0.6) is 11.5 Å². The lowest BCUT2D eigenvalue weighted by Crippen LogP contribution is -2.54. The number of carbonyl (C=O) groups is 6. The minimum Gasteiger partial charge on any atom is -0.471 e. The standard InChI is InChI=1S/C37H42F3N3O5.C29H27F3N2O6/c1-24(2)43(28-16-9-6-10-17-28)33(44)29-21-31-32(22-30(29)37(38,39)40)48-36(4,27-15-11-12-25(3)20-27)34(45)42(31)19-18-41-35(46)47-23-26-13-7-5-8-14-26;1-18-8-7-11-20(14-18)28(2)26(36)34(13-12-33-27(37)39-17-19-9-5-4-6-10-19)23-15-21(25(35)38-3)22(29(30,31)32)16-24(23)40-28/h5,7-8,11-15,20-22,24,28H,6,9-10,16-19,23H2,1-4H3,(H,41,46);4-11,14-16H,12-13,17H2,1-3H3,(H,33,37). The first-order valence-electron chi connectivity index (χ1n) is 28.7. The van der Waals surface area contributed by atoms with Crippen LogP contribution in [0.2, 0.25) is 0 Å². The van der Waals surface area contributed by atoms with Crippen LogP contribution < -0.4 is 29.9 Å². The van der Waals surface area contributed by atoms with Gasteiger partial charge in [-0.25, -0.2) is 14.4 Å². The highest BCUT2D eigenvalue weighted by molar-refractivity contribution is 6.07. The molecule has 1 fully saturated rings. The van der Waals surface area contributed by atoms with E-state index in [1.54, 1.807) is 92.4 Å². The smallest absolute Gasteiger partial charge is 0.417 e. The molecule has 16 nitrogen and oxygen atoms in total. The first-order valence-corrected chi connectivity index (χ1v) is 28.7. The fraction of sp³-hybridized carbons (Fsp3) is 0.364. The van der Waals surface area contributed by atoms with Crippen LogP contribution in [-0.4, -0.2) is 86.1 Å². The highest BCUT2D eigenvalue weighted by Crippen LogP contribution is 2.49. The van der Waals surface area contributed by atoms with Crippen molar-refractivity contribution in [2.24, 2.45) is 0 Å². The number of rotatable bonds is 16. The number of methoxy groups -OCH3 is 1. The summed E-state index contributed by atoms with van der Waals surface area (Å²) >= 11 is 0. The number of benzene rings is 6. The summed E-state index contributed by atoms with van der Waals surface area (Å²) < 4.78 is 113. The molecular formula is C66H69F6N5O11. The minimum atomic E-state index is -4.90.